The van der Waals surface area contributed by atoms with Crippen LogP contribution in [0.4, 0.5) is 5.69 Å². The zero-order valence-corrected chi connectivity index (χ0v) is 14.7. The van der Waals surface area contributed by atoms with Crippen molar-refractivity contribution < 1.29 is 14.5 Å². The standard InChI is InChI=1S/C14H11Cl2N3O4S/c1-23-11(20)6-10-12(15)17-14(18-13(10)16)24-7-8-2-4-9(5-3-8)19(21)22/h2-5H,6-7H2,1H3. The molecule has 0 fully saturated rings. The molecule has 126 valence electrons. The van der Waals surface area contributed by atoms with Crippen molar-refractivity contribution in [1.29, 1.82) is 0 Å². The van der Waals surface area contributed by atoms with Crippen molar-refractivity contribution in [1.82, 2.24) is 9.97 Å². The molecule has 0 saturated carbocycles. The Labute approximate surface area is 151 Å². The molecule has 2 rings (SSSR count). The second-order valence-corrected chi connectivity index (χ2v) is 6.19. The highest BCUT2D eigenvalue weighted by Gasteiger charge is 2.16. The number of nitrogens with zero attached hydrogens (tertiary/aromatic N) is 3. The predicted molar refractivity (Wildman–Crippen MR) is 90.4 cm³/mol. The topological polar surface area (TPSA) is 95.2 Å². The van der Waals surface area contributed by atoms with Gasteiger partial charge in [0.05, 0.1) is 18.5 Å². The molecule has 10 heteroatoms. The lowest BCUT2D eigenvalue weighted by atomic mass is 10.2. The normalized spacial score (nSPS) is 10.5. The molecule has 0 aliphatic carbocycles. The van der Waals surface area contributed by atoms with E-state index >= 15 is 0 Å². The van der Waals surface area contributed by atoms with Crippen molar-refractivity contribution in [3.63, 3.8) is 0 Å². The van der Waals surface area contributed by atoms with Gasteiger partial charge in [-0.2, -0.15) is 0 Å². The fourth-order valence-electron chi connectivity index (χ4n) is 1.70. The summed E-state index contributed by atoms with van der Waals surface area (Å²) >= 11 is 13.4. The Morgan fingerprint density at radius 2 is 1.83 bits per heavy atom. The van der Waals surface area contributed by atoms with E-state index in [9.17, 15) is 14.9 Å². The number of rotatable bonds is 6. The van der Waals surface area contributed by atoms with Crippen LogP contribution in [-0.2, 0) is 21.7 Å². The molecular formula is C14H11Cl2N3O4S. The Bertz CT molecular complexity index is 748. The Balaban J connectivity index is 2.07. The minimum Gasteiger partial charge on any atom is -0.469 e. The van der Waals surface area contributed by atoms with E-state index in [-0.39, 0.29) is 22.4 Å². The van der Waals surface area contributed by atoms with Gasteiger partial charge in [-0.15, -0.1) is 0 Å². The van der Waals surface area contributed by atoms with Gasteiger partial charge in [0.15, 0.2) is 5.16 Å². The predicted octanol–water partition coefficient (Wildman–Crippen LogP) is 3.70. The number of thioether (sulfide) groups is 1. The summed E-state index contributed by atoms with van der Waals surface area (Å²) in [7, 11) is 1.26. The number of ether oxygens (including phenoxy) is 1. The van der Waals surface area contributed by atoms with E-state index < -0.39 is 10.9 Å². The lowest BCUT2D eigenvalue weighted by Gasteiger charge is -2.07. The molecule has 0 atom stereocenters. The summed E-state index contributed by atoms with van der Waals surface area (Å²) in [6, 6.07) is 6.16. The first kappa shape index (κ1) is 18.4. The summed E-state index contributed by atoms with van der Waals surface area (Å²) in [5, 5.41) is 11.1. The number of benzene rings is 1. The molecule has 0 bridgehead atoms. The first-order valence-electron chi connectivity index (χ1n) is 6.55. The average molecular weight is 388 g/mol. The first-order chi connectivity index (χ1) is 11.4. The average Bonchev–Trinajstić information content (AvgIpc) is 2.56. The van der Waals surface area contributed by atoms with E-state index in [1.807, 2.05) is 0 Å². The Hall–Kier alpha value is -1.90. The Kier molecular flexibility index (Phi) is 6.36. The molecule has 2 aromatic rings. The number of hydrogen-bond donors (Lipinski definition) is 0. The van der Waals surface area contributed by atoms with E-state index in [0.29, 0.717) is 16.5 Å². The van der Waals surface area contributed by atoms with Gasteiger partial charge in [-0.05, 0) is 5.56 Å². The van der Waals surface area contributed by atoms with E-state index in [1.165, 1.54) is 31.0 Å². The summed E-state index contributed by atoms with van der Waals surface area (Å²) in [4.78, 5) is 29.7. The van der Waals surface area contributed by atoms with E-state index in [1.54, 1.807) is 12.1 Å². The molecule has 7 nitrogen and oxygen atoms in total. The van der Waals surface area contributed by atoms with Crippen LogP contribution >= 0.6 is 35.0 Å². The van der Waals surface area contributed by atoms with Gasteiger partial charge in [-0.25, -0.2) is 9.97 Å². The number of esters is 1. The maximum Gasteiger partial charge on any atom is 0.310 e. The molecule has 0 saturated heterocycles. The van der Waals surface area contributed by atoms with Crippen LogP contribution in [0.25, 0.3) is 0 Å². The quantitative estimate of drug-likeness (QED) is 0.186. The smallest absolute Gasteiger partial charge is 0.310 e. The van der Waals surface area contributed by atoms with Crippen molar-refractivity contribution in [3.8, 4) is 0 Å². The zero-order valence-electron chi connectivity index (χ0n) is 12.4. The molecule has 0 radical (unpaired) electrons. The number of hydrogen-bond acceptors (Lipinski definition) is 7. The summed E-state index contributed by atoms with van der Waals surface area (Å²) in [5.41, 5.74) is 1.20. The molecular weight excluding hydrogens is 377 g/mol. The SMILES string of the molecule is COC(=O)Cc1c(Cl)nc(SCc2ccc([N+](=O)[O-])cc2)nc1Cl. The summed E-state index contributed by atoms with van der Waals surface area (Å²) in [5.74, 6) is -0.00486. The van der Waals surface area contributed by atoms with Crippen LogP contribution in [-0.4, -0.2) is 28.0 Å². The first-order valence-corrected chi connectivity index (χ1v) is 8.29. The summed E-state index contributed by atoms with van der Waals surface area (Å²) in [6.45, 7) is 0. The van der Waals surface area contributed by atoms with Crippen LogP contribution < -0.4 is 0 Å². The number of non-ortho nitro benzene ring substituents is 1. The maximum absolute atomic E-state index is 11.3. The van der Waals surface area contributed by atoms with Gasteiger partial charge < -0.3 is 4.74 Å². The third-order valence-electron chi connectivity index (χ3n) is 2.95. The molecule has 1 heterocycles. The third kappa shape index (κ3) is 4.80. The highest BCUT2D eigenvalue weighted by molar-refractivity contribution is 7.98. The van der Waals surface area contributed by atoms with Gasteiger partial charge in [-0.3, -0.25) is 14.9 Å². The molecule has 0 aliphatic heterocycles. The van der Waals surface area contributed by atoms with Crippen LogP contribution in [0.3, 0.4) is 0 Å². The van der Waals surface area contributed by atoms with Crippen molar-refractivity contribution in [2.45, 2.75) is 17.3 Å². The van der Waals surface area contributed by atoms with Gasteiger partial charge in [0.1, 0.15) is 10.3 Å². The number of aromatic nitrogens is 2. The fourth-order valence-corrected chi connectivity index (χ4v) is 3.12. The molecule has 0 spiro atoms. The van der Waals surface area contributed by atoms with Crippen molar-refractivity contribution in [2.75, 3.05) is 7.11 Å². The number of carbonyl (C=O) groups is 1. The van der Waals surface area contributed by atoms with Crippen LogP contribution in [0.2, 0.25) is 10.3 Å². The summed E-state index contributed by atoms with van der Waals surface area (Å²) in [6.07, 6.45) is -0.110. The maximum atomic E-state index is 11.3. The van der Waals surface area contributed by atoms with Crippen molar-refractivity contribution >= 4 is 46.6 Å². The minimum atomic E-state index is -0.492. The lowest BCUT2D eigenvalue weighted by molar-refractivity contribution is -0.384. The van der Waals surface area contributed by atoms with Crippen molar-refractivity contribution in [3.05, 3.63) is 55.8 Å². The molecule has 0 N–H and O–H groups in total. The third-order valence-corrected chi connectivity index (χ3v) is 4.49. The minimum absolute atomic E-state index is 0.0262. The van der Waals surface area contributed by atoms with Crippen LogP contribution in [0.1, 0.15) is 11.1 Å². The Morgan fingerprint density at radius 3 is 2.33 bits per heavy atom. The fraction of sp³-hybridized carbons (Fsp3) is 0.214. The molecule has 0 aliphatic rings. The molecule has 24 heavy (non-hydrogen) atoms. The molecule has 0 unspecified atom stereocenters. The number of carbonyl (C=O) groups excluding carboxylic acids is 1. The Morgan fingerprint density at radius 1 is 1.25 bits per heavy atom. The molecule has 1 aromatic heterocycles. The monoisotopic (exact) mass is 387 g/mol. The van der Waals surface area contributed by atoms with Gasteiger partial charge in [0, 0.05) is 23.4 Å². The van der Waals surface area contributed by atoms with E-state index in [0.717, 1.165) is 5.56 Å². The van der Waals surface area contributed by atoms with E-state index in [4.69, 9.17) is 23.2 Å². The largest absolute Gasteiger partial charge is 0.469 e. The molecule has 0 amide bonds. The van der Waals surface area contributed by atoms with Gasteiger partial charge >= 0.3 is 5.97 Å². The van der Waals surface area contributed by atoms with E-state index in [2.05, 4.69) is 14.7 Å². The van der Waals surface area contributed by atoms with Gasteiger partial charge in [-0.1, -0.05) is 47.1 Å². The number of methoxy groups -OCH3 is 1. The van der Waals surface area contributed by atoms with Crippen LogP contribution in [0, 0.1) is 10.1 Å². The number of nitro groups is 1. The lowest BCUT2D eigenvalue weighted by Crippen LogP contribution is -2.07. The van der Waals surface area contributed by atoms with Gasteiger partial charge in [0.25, 0.3) is 5.69 Å². The van der Waals surface area contributed by atoms with Crippen molar-refractivity contribution in [2.24, 2.45) is 0 Å². The number of nitro benzene ring substituents is 1. The zero-order chi connectivity index (χ0) is 17.7. The highest BCUT2D eigenvalue weighted by Crippen LogP contribution is 2.28. The second kappa shape index (κ2) is 8.27. The van der Waals surface area contributed by atoms with Crippen LogP contribution in [0.5, 0.6) is 0 Å². The highest BCUT2D eigenvalue weighted by atomic mass is 35.5. The summed E-state index contributed by atoms with van der Waals surface area (Å²) < 4.78 is 4.56. The second-order valence-electron chi connectivity index (χ2n) is 4.53. The molecule has 1 aromatic carbocycles. The number of halogens is 2. The van der Waals surface area contributed by atoms with Gasteiger partial charge in [0.2, 0.25) is 0 Å². The van der Waals surface area contributed by atoms with Crippen LogP contribution in [0.15, 0.2) is 29.4 Å².